The van der Waals surface area contributed by atoms with Crippen molar-refractivity contribution in [2.75, 3.05) is 18.5 Å². The van der Waals surface area contributed by atoms with Crippen molar-refractivity contribution in [2.24, 2.45) is 0 Å². The predicted octanol–water partition coefficient (Wildman–Crippen LogP) is 2.34. The second-order valence-corrected chi connectivity index (χ2v) is 4.71. The van der Waals surface area contributed by atoms with Gasteiger partial charge < -0.3 is 4.90 Å². The maximum absolute atomic E-state index is 4.60. The minimum absolute atomic E-state index is 0.408. The van der Waals surface area contributed by atoms with Crippen LogP contribution in [0.4, 0.5) is 5.69 Å². The number of hydrogen-bond donors (Lipinski definition) is 0. The van der Waals surface area contributed by atoms with Gasteiger partial charge in [0.25, 0.3) is 0 Å². The highest BCUT2D eigenvalue weighted by Gasteiger charge is 2.44. The number of anilines is 1. The standard InChI is InChI=1S/C12H16N2/c1-14-9-12(6-2-3-7-12)11-10(14)5-4-8-13-11/h4-5,8H,2-3,6-7,9H2,1H3. The molecule has 74 valence electrons. The Morgan fingerprint density at radius 1 is 1.36 bits per heavy atom. The number of rotatable bonds is 0. The van der Waals surface area contributed by atoms with Crippen LogP contribution in [0.15, 0.2) is 18.3 Å². The van der Waals surface area contributed by atoms with Crippen LogP contribution in [-0.2, 0) is 5.41 Å². The summed E-state index contributed by atoms with van der Waals surface area (Å²) in [4.78, 5) is 6.97. The molecule has 0 N–H and O–H groups in total. The maximum atomic E-state index is 4.60. The lowest BCUT2D eigenvalue weighted by Gasteiger charge is -2.22. The maximum Gasteiger partial charge on any atom is 0.0715 e. The molecule has 2 nitrogen and oxygen atoms in total. The Hall–Kier alpha value is -1.05. The molecule has 0 amide bonds. The van der Waals surface area contributed by atoms with Crippen molar-refractivity contribution in [1.82, 2.24) is 4.98 Å². The Morgan fingerprint density at radius 2 is 2.14 bits per heavy atom. The van der Waals surface area contributed by atoms with Gasteiger partial charge in [-0.2, -0.15) is 0 Å². The van der Waals surface area contributed by atoms with Gasteiger partial charge in [-0.1, -0.05) is 12.8 Å². The predicted molar refractivity (Wildman–Crippen MR) is 57.7 cm³/mol. The van der Waals surface area contributed by atoms with Gasteiger partial charge >= 0.3 is 0 Å². The topological polar surface area (TPSA) is 16.1 Å². The van der Waals surface area contributed by atoms with E-state index in [0.717, 1.165) is 0 Å². The number of likely N-dealkylation sites (N-methyl/N-ethyl adjacent to an activating group) is 1. The summed E-state index contributed by atoms with van der Waals surface area (Å²) in [5.41, 5.74) is 3.13. The Balaban J connectivity index is 2.13. The van der Waals surface area contributed by atoms with Crippen LogP contribution in [0.2, 0.25) is 0 Å². The lowest BCUT2D eigenvalue weighted by Crippen LogP contribution is -2.29. The third-order valence-electron chi connectivity index (χ3n) is 3.80. The van der Waals surface area contributed by atoms with E-state index < -0.39 is 0 Å². The van der Waals surface area contributed by atoms with Crippen molar-refractivity contribution in [3.63, 3.8) is 0 Å². The molecule has 1 fully saturated rings. The lowest BCUT2D eigenvalue weighted by molar-refractivity contribution is 0.462. The molecule has 14 heavy (non-hydrogen) atoms. The van der Waals surface area contributed by atoms with Crippen LogP contribution in [0.1, 0.15) is 31.4 Å². The zero-order valence-electron chi connectivity index (χ0n) is 8.66. The number of aromatic nitrogens is 1. The molecule has 1 aromatic rings. The van der Waals surface area contributed by atoms with E-state index >= 15 is 0 Å². The molecule has 1 spiro atoms. The van der Waals surface area contributed by atoms with Gasteiger partial charge in [0.15, 0.2) is 0 Å². The zero-order valence-corrected chi connectivity index (χ0v) is 8.66. The molecule has 0 saturated heterocycles. The smallest absolute Gasteiger partial charge is 0.0715 e. The van der Waals surface area contributed by atoms with Crippen molar-refractivity contribution in [3.8, 4) is 0 Å². The molecule has 0 bridgehead atoms. The average Bonchev–Trinajstić information content (AvgIpc) is 2.77. The second kappa shape index (κ2) is 2.72. The molecule has 2 heterocycles. The third kappa shape index (κ3) is 0.941. The fraction of sp³-hybridized carbons (Fsp3) is 0.583. The average molecular weight is 188 g/mol. The summed E-state index contributed by atoms with van der Waals surface area (Å²) >= 11 is 0. The second-order valence-electron chi connectivity index (χ2n) is 4.71. The highest BCUT2D eigenvalue weighted by molar-refractivity contribution is 5.59. The first-order valence-electron chi connectivity index (χ1n) is 5.48. The summed E-state index contributed by atoms with van der Waals surface area (Å²) in [7, 11) is 2.19. The summed E-state index contributed by atoms with van der Waals surface area (Å²) in [6, 6.07) is 4.25. The molecule has 2 aliphatic rings. The van der Waals surface area contributed by atoms with E-state index in [1.165, 1.54) is 43.6 Å². The summed E-state index contributed by atoms with van der Waals surface area (Å²) in [5.74, 6) is 0. The van der Waals surface area contributed by atoms with Crippen LogP contribution in [0, 0.1) is 0 Å². The van der Waals surface area contributed by atoms with Crippen LogP contribution < -0.4 is 4.90 Å². The molecule has 1 aromatic heterocycles. The Labute approximate surface area is 85.0 Å². The van der Waals surface area contributed by atoms with E-state index in [9.17, 15) is 0 Å². The van der Waals surface area contributed by atoms with Crippen LogP contribution in [0.5, 0.6) is 0 Å². The van der Waals surface area contributed by atoms with E-state index in [4.69, 9.17) is 0 Å². The van der Waals surface area contributed by atoms with E-state index in [0.29, 0.717) is 5.41 Å². The highest BCUT2D eigenvalue weighted by Crippen LogP contribution is 2.48. The van der Waals surface area contributed by atoms with Crippen molar-refractivity contribution in [1.29, 1.82) is 0 Å². The van der Waals surface area contributed by atoms with Crippen molar-refractivity contribution < 1.29 is 0 Å². The van der Waals surface area contributed by atoms with E-state index in [1.807, 2.05) is 12.3 Å². The number of hydrogen-bond acceptors (Lipinski definition) is 2. The molecule has 3 rings (SSSR count). The van der Waals surface area contributed by atoms with Gasteiger partial charge in [0, 0.05) is 25.2 Å². The molecular weight excluding hydrogens is 172 g/mol. The SMILES string of the molecule is CN1CC2(CCCC2)c2ncccc21. The van der Waals surface area contributed by atoms with Gasteiger partial charge in [0.1, 0.15) is 0 Å². The van der Waals surface area contributed by atoms with Gasteiger partial charge in [-0.25, -0.2) is 0 Å². The molecule has 0 atom stereocenters. The molecule has 1 saturated carbocycles. The Bertz CT molecular complexity index is 353. The molecule has 0 radical (unpaired) electrons. The first kappa shape index (κ1) is 8.27. The molecule has 0 aromatic carbocycles. The minimum atomic E-state index is 0.408. The van der Waals surface area contributed by atoms with E-state index in [2.05, 4.69) is 23.0 Å². The van der Waals surface area contributed by atoms with Crippen molar-refractivity contribution in [2.45, 2.75) is 31.1 Å². The molecular formula is C12H16N2. The van der Waals surface area contributed by atoms with Gasteiger partial charge in [0.05, 0.1) is 11.4 Å². The fourth-order valence-corrected chi connectivity index (χ4v) is 3.17. The van der Waals surface area contributed by atoms with E-state index in [-0.39, 0.29) is 0 Å². The van der Waals surface area contributed by atoms with E-state index in [1.54, 1.807) is 0 Å². The van der Waals surface area contributed by atoms with Crippen molar-refractivity contribution in [3.05, 3.63) is 24.0 Å². The number of fused-ring (bicyclic) bond motifs is 2. The number of pyridine rings is 1. The van der Waals surface area contributed by atoms with Crippen LogP contribution >= 0.6 is 0 Å². The van der Waals surface area contributed by atoms with Gasteiger partial charge in [0.2, 0.25) is 0 Å². The monoisotopic (exact) mass is 188 g/mol. The summed E-state index contributed by atoms with van der Waals surface area (Å²) in [6.45, 7) is 1.18. The van der Waals surface area contributed by atoms with Crippen molar-refractivity contribution >= 4 is 5.69 Å². The van der Waals surface area contributed by atoms with Crippen LogP contribution in [0.25, 0.3) is 0 Å². The summed E-state index contributed by atoms with van der Waals surface area (Å²) in [5, 5.41) is 0. The molecule has 1 aliphatic heterocycles. The summed E-state index contributed by atoms with van der Waals surface area (Å²) in [6.07, 6.45) is 7.37. The minimum Gasteiger partial charge on any atom is -0.372 e. The molecule has 0 unspecified atom stereocenters. The molecule has 1 aliphatic carbocycles. The third-order valence-corrected chi connectivity index (χ3v) is 3.80. The normalized spacial score (nSPS) is 23.1. The van der Waals surface area contributed by atoms with Crippen LogP contribution in [0.3, 0.4) is 0 Å². The first-order valence-corrected chi connectivity index (χ1v) is 5.48. The largest absolute Gasteiger partial charge is 0.372 e. The number of nitrogens with zero attached hydrogens (tertiary/aromatic N) is 2. The van der Waals surface area contributed by atoms with Gasteiger partial charge in [-0.3, -0.25) is 4.98 Å². The Morgan fingerprint density at radius 3 is 2.93 bits per heavy atom. The highest BCUT2D eigenvalue weighted by atomic mass is 15.2. The Kier molecular flexibility index (Phi) is 1.61. The van der Waals surface area contributed by atoms with Crippen LogP contribution in [-0.4, -0.2) is 18.6 Å². The zero-order chi connectivity index (χ0) is 9.60. The first-order chi connectivity index (χ1) is 6.82. The lowest BCUT2D eigenvalue weighted by atomic mass is 9.84. The summed E-state index contributed by atoms with van der Waals surface area (Å²) < 4.78 is 0. The molecule has 2 heteroatoms. The van der Waals surface area contributed by atoms with Gasteiger partial charge in [-0.15, -0.1) is 0 Å². The fourth-order valence-electron chi connectivity index (χ4n) is 3.17. The quantitative estimate of drug-likeness (QED) is 0.621. The van der Waals surface area contributed by atoms with Gasteiger partial charge in [-0.05, 0) is 25.0 Å².